The molecule has 1 aliphatic heterocycles. The molecular formula is C24H30FNO4S. The number of fused-ring (bicyclic) bond motifs is 1. The first-order valence-corrected chi connectivity index (χ1v) is 11.5. The second-order valence-electron chi connectivity index (χ2n) is 8.51. The van der Waals surface area contributed by atoms with Gasteiger partial charge in [-0.25, -0.2) is 9.18 Å². The summed E-state index contributed by atoms with van der Waals surface area (Å²) < 4.78 is 25.2. The summed E-state index contributed by atoms with van der Waals surface area (Å²) in [6.45, 7) is 10.4. The minimum Gasteiger partial charge on any atom is -0.462 e. The van der Waals surface area contributed by atoms with Crippen LogP contribution in [0, 0.1) is 17.7 Å². The highest BCUT2D eigenvalue weighted by Gasteiger charge is 2.38. The van der Waals surface area contributed by atoms with Crippen molar-refractivity contribution in [3.05, 3.63) is 51.7 Å². The molecule has 1 aromatic carbocycles. The highest BCUT2D eigenvalue weighted by molar-refractivity contribution is 7.17. The molecule has 7 heteroatoms. The van der Waals surface area contributed by atoms with Crippen molar-refractivity contribution in [2.75, 3.05) is 11.9 Å². The molecule has 2 heterocycles. The fourth-order valence-electron chi connectivity index (χ4n) is 3.78. The van der Waals surface area contributed by atoms with Crippen molar-refractivity contribution in [2.45, 2.75) is 59.7 Å². The lowest BCUT2D eigenvalue weighted by molar-refractivity contribution is -0.115. The SMILES string of the molecule is CCOC(=O)c1c(NC(=O)Cc2cccc(F)c2)sc2c1C[C@H](C(C)C)O[C@H]2C(C)C. The Hall–Kier alpha value is -2.25. The van der Waals surface area contributed by atoms with Gasteiger partial charge in [-0.1, -0.05) is 39.8 Å². The Morgan fingerprint density at radius 1 is 1.26 bits per heavy atom. The first kappa shape index (κ1) is 23.4. The molecule has 0 spiro atoms. The van der Waals surface area contributed by atoms with Crippen LogP contribution in [0.3, 0.4) is 0 Å². The molecule has 1 N–H and O–H groups in total. The van der Waals surface area contributed by atoms with Gasteiger partial charge in [-0.3, -0.25) is 4.79 Å². The van der Waals surface area contributed by atoms with Gasteiger partial charge in [0.15, 0.2) is 0 Å². The van der Waals surface area contributed by atoms with Crippen molar-refractivity contribution in [3.8, 4) is 0 Å². The number of amides is 1. The molecule has 2 atom stereocenters. The summed E-state index contributed by atoms with van der Waals surface area (Å²) in [5.74, 6) is -0.633. The number of ether oxygens (including phenoxy) is 2. The van der Waals surface area contributed by atoms with Gasteiger partial charge in [0.1, 0.15) is 10.8 Å². The van der Waals surface area contributed by atoms with Crippen molar-refractivity contribution in [1.82, 2.24) is 0 Å². The van der Waals surface area contributed by atoms with E-state index < -0.39 is 5.97 Å². The summed E-state index contributed by atoms with van der Waals surface area (Å²) in [5, 5.41) is 3.35. The van der Waals surface area contributed by atoms with E-state index in [0.717, 1.165) is 10.4 Å². The Balaban J connectivity index is 1.97. The molecule has 0 saturated carbocycles. The number of nitrogens with one attached hydrogen (secondary N) is 1. The van der Waals surface area contributed by atoms with Crippen molar-refractivity contribution in [3.63, 3.8) is 0 Å². The largest absolute Gasteiger partial charge is 0.462 e. The van der Waals surface area contributed by atoms with Crippen LogP contribution in [-0.2, 0) is 27.1 Å². The van der Waals surface area contributed by atoms with Crippen LogP contribution >= 0.6 is 11.3 Å². The number of hydrogen-bond acceptors (Lipinski definition) is 5. The van der Waals surface area contributed by atoms with Crippen LogP contribution in [0.5, 0.6) is 0 Å². The van der Waals surface area contributed by atoms with Crippen LogP contribution in [-0.4, -0.2) is 24.6 Å². The number of benzene rings is 1. The number of anilines is 1. The number of rotatable bonds is 7. The second kappa shape index (κ2) is 9.92. The third kappa shape index (κ3) is 5.33. The molecule has 5 nitrogen and oxygen atoms in total. The van der Waals surface area contributed by atoms with Gasteiger partial charge in [-0.05, 0) is 42.0 Å². The summed E-state index contributed by atoms with van der Waals surface area (Å²) in [7, 11) is 0. The predicted molar refractivity (Wildman–Crippen MR) is 120 cm³/mol. The van der Waals surface area contributed by atoms with Crippen LogP contribution in [0.2, 0.25) is 0 Å². The minimum absolute atomic E-state index is 0.0152. The van der Waals surface area contributed by atoms with E-state index in [4.69, 9.17) is 9.47 Å². The van der Waals surface area contributed by atoms with Crippen LogP contribution < -0.4 is 5.32 Å². The van der Waals surface area contributed by atoms with E-state index in [-0.39, 0.29) is 48.8 Å². The third-order valence-electron chi connectivity index (χ3n) is 5.36. The molecule has 2 aromatic rings. The molecule has 0 radical (unpaired) electrons. The van der Waals surface area contributed by atoms with Crippen molar-refractivity contribution >= 4 is 28.2 Å². The summed E-state index contributed by atoms with van der Waals surface area (Å²) in [6.07, 6.45) is 0.448. The third-order valence-corrected chi connectivity index (χ3v) is 6.57. The number of carbonyl (C=O) groups excluding carboxylic acids is 2. The number of carbonyl (C=O) groups is 2. The summed E-state index contributed by atoms with van der Waals surface area (Å²) in [4.78, 5) is 26.6. The molecule has 0 aliphatic carbocycles. The molecule has 168 valence electrons. The average Bonchev–Trinajstić information content (AvgIpc) is 3.04. The van der Waals surface area contributed by atoms with Gasteiger partial charge in [-0.2, -0.15) is 0 Å². The van der Waals surface area contributed by atoms with Gasteiger partial charge in [0, 0.05) is 11.3 Å². The number of halogens is 1. The van der Waals surface area contributed by atoms with E-state index >= 15 is 0 Å². The maximum Gasteiger partial charge on any atom is 0.341 e. The fourth-order valence-corrected chi connectivity index (χ4v) is 5.22. The lowest BCUT2D eigenvalue weighted by Crippen LogP contribution is -2.32. The zero-order chi connectivity index (χ0) is 22.7. The molecule has 3 rings (SSSR count). The van der Waals surface area contributed by atoms with Crippen molar-refractivity contribution in [2.24, 2.45) is 11.8 Å². The number of hydrogen-bond donors (Lipinski definition) is 1. The maximum absolute atomic E-state index is 13.5. The first-order chi connectivity index (χ1) is 14.7. The van der Waals surface area contributed by atoms with Crippen molar-refractivity contribution < 1.29 is 23.5 Å². The topological polar surface area (TPSA) is 64.6 Å². The van der Waals surface area contributed by atoms with Gasteiger partial charge in [0.05, 0.1) is 30.8 Å². The molecule has 1 amide bonds. The van der Waals surface area contributed by atoms with E-state index in [9.17, 15) is 14.0 Å². The normalized spacial score (nSPS) is 18.2. The Morgan fingerprint density at radius 2 is 2.00 bits per heavy atom. The maximum atomic E-state index is 13.5. The van der Waals surface area contributed by atoms with E-state index in [2.05, 4.69) is 33.0 Å². The van der Waals surface area contributed by atoms with Gasteiger partial charge in [0.25, 0.3) is 0 Å². The molecule has 0 unspecified atom stereocenters. The predicted octanol–water partition coefficient (Wildman–Crippen LogP) is 5.54. The zero-order valence-electron chi connectivity index (χ0n) is 18.7. The van der Waals surface area contributed by atoms with Crippen LogP contribution in [0.4, 0.5) is 9.39 Å². The molecule has 0 bridgehead atoms. The lowest BCUT2D eigenvalue weighted by Gasteiger charge is -2.34. The van der Waals surface area contributed by atoms with E-state index in [1.165, 1.54) is 23.5 Å². The fraction of sp³-hybridized carbons (Fsp3) is 0.500. The molecule has 1 aliphatic rings. The summed E-state index contributed by atoms with van der Waals surface area (Å²) in [5.41, 5.74) is 1.90. The lowest BCUT2D eigenvalue weighted by atomic mass is 9.89. The van der Waals surface area contributed by atoms with Gasteiger partial charge < -0.3 is 14.8 Å². The Morgan fingerprint density at radius 3 is 2.61 bits per heavy atom. The smallest absolute Gasteiger partial charge is 0.341 e. The molecule has 31 heavy (non-hydrogen) atoms. The van der Waals surface area contributed by atoms with E-state index in [1.807, 2.05) is 0 Å². The van der Waals surface area contributed by atoms with Crippen LogP contribution in [0.1, 0.15) is 67.1 Å². The highest BCUT2D eigenvalue weighted by Crippen LogP contribution is 2.46. The van der Waals surface area contributed by atoms with E-state index in [1.54, 1.807) is 19.1 Å². The molecule has 1 aromatic heterocycles. The standard InChI is InChI=1S/C24H30FNO4S/c1-6-29-24(28)20-17-12-18(13(2)3)30-21(14(4)5)22(17)31-23(20)26-19(27)11-15-8-7-9-16(25)10-15/h7-10,13-14,18,21H,6,11-12H2,1-5H3,(H,26,27)/t18-,21+/m1/s1. The first-order valence-electron chi connectivity index (χ1n) is 10.7. The minimum atomic E-state index is -0.437. The van der Waals surface area contributed by atoms with Crippen molar-refractivity contribution in [1.29, 1.82) is 0 Å². The summed E-state index contributed by atoms with van der Waals surface area (Å²) >= 11 is 1.38. The zero-order valence-corrected chi connectivity index (χ0v) is 19.5. The second-order valence-corrected chi connectivity index (χ2v) is 9.56. The Bertz CT molecular complexity index is 953. The molecule has 0 fully saturated rings. The average molecular weight is 448 g/mol. The van der Waals surface area contributed by atoms with Crippen LogP contribution in [0.25, 0.3) is 0 Å². The monoisotopic (exact) mass is 447 g/mol. The van der Waals surface area contributed by atoms with E-state index in [0.29, 0.717) is 22.5 Å². The quantitative estimate of drug-likeness (QED) is 0.566. The van der Waals surface area contributed by atoms with Gasteiger partial charge >= 0.3 is 5.97 Å². The summed E-state index contributed by atoms with van der Waals surface area (Å²) in [6, 6.07) is 5.94. The highest BCUT2D eigenvalue weighted by atomic mass is 32.1. The van der Waals surface area contributed by atoms with Gasteiger partial charge in [-0.15, -0.1) is 11.3 Å². The number of esters is 1. The number of thiophene rings is 1. The Kier molecular flexibility index (Phi) is 7.49. The molecule has 0 saturated heterocycles. The van der Waals surface area contributed by atoms with Gasteiger partial charge in [0.2, 0.25) is 5.91 Å². The molecular weight excluding hydrogens is 417 g/mol. The van der Waals surface area contributed by atoms with Crippen LogP contribution in [0.15, 0.2) is 24.3 Å². The Labute approximate surface area is 186 Å².